The first-order chi connectivity index (χ1) is 17.0. The fraction of sp³-hybridized carbons (Fsp3) is 0.280. The van der Waals surface area contributed by atoms with Gasteiger partial charge in [0, 0.05) is 24.7 Å². The molecule has 10 heteroatoms. The molecule has 0 N–H and O–H groups in total. The molecular weight excluding hydrogens is 486 g/mol. The summed E-state index contributed by atoms with van der Waals surface area (Å²) in [4.78, 5) is 20.0. The number of rotatable bonds is 7. The van der Waals surface area contributed by atoms with Crippen LogP contribution in [0.1, 0.15) is 35.4 Å². The number of aromatic nitrogens is 1. The van der Waals surface area contributed by atoms with Crippen molar-refractivity contribution in [3.05, 3.63) is 72.2 Å². The minimum Gasteiger partial charge on any atom is -0.497 e. The van der Waals surface area contributed by atoms with Crippen molar-refractivity contribution in [1.29, 1.82) is 0 Å². The van der Waals surface area contributed by atoms with Gasteiger partial charge in [0.25, 0.3) is 5.91 Å². The summed E-state index contributed by atoms with van der Waals surface area (Å²) < 4.78 is 39.2. The van der Waals surface area contributed by atoms with E-state index in [-0.39, 0.29) is 17.3 Å². The number of thiazole rings is 1. The molecule has 0 aliphatic carbocycles. The molecule has 1 aliphatic heterocycles. The van der Waals surface area contributed by atoms with E-state index in [0.29, 0.717) is 35.3 Å². The van der Waals surface area contributed by atoms with E-state index in [1.807, 2.05) is 18.2 Å². The van der Waals surface area contributed by atoms with Crippen LogP contribution < -0.4 is 9.64 Å². The van der Waals surface area contributed by atoms with Crippen LogP contribution in [-0.4, -0.2) is 43.8 Å². The lowest BCUT2D eigenvalue weighted by atomic mass is 10.2. The van der Waals surface area contributed by atoms with Crippen LogP contribution in [-0.2, 0) is 16.6 Å². The number of hydrogen-bond donors (Lipinski definition) is 0. The van der Waals surface area contributed by atoms with Crippen LogP contribution in [0.2, 0.25) is 0 Å². The van der Waals surface area contributed by atoms with Gasteiger partial charge in [-0.25, -0.2) is 13.4 Å². The summed E-state index contributed by atoms with van der Waals surface area (Å²) in [5.41, 5.74) is 1.09. The van der Waals surface area contributed by atoms with E-state index >= 15 is 0 Å². The van der Waals surface area contributed by atoms with E-state index in [1.54, 1.807) is 42.5 Å². The Labute approximate surface area is 207 Å². The lowest BCUT2D eigenvalue weighted by Gasteiger charge is -2.26. The average molecular weight is 512 g/mol. The second-order valence-electron chi connectivity index (χ2n) is 8.29. The molecule has 1 fully saturated rings. The highest BCUT2D eigenvalue weighted by molar-refractivity contribution is 7.89. The normalized spacial score (nSPS) is 14.8. The highest BCUT2D eigenvalue weighted by Gasteiger charge is 2.27. The summed E-state index contributed by atoms with van der Waals surface area (Å²) in [6, 6.07) is 15.3. The number of fused-ring (bicyclic) bond motifs is 1. The van der Waals surface area contributed by atoms with Gasteiger partial charge in [-0.1, -0.05) is 17.8 Å². The van der Waals surface area contributed by atoms with Crippen LogP contribution >= 0.6 is 11.3 Å². The minimum atomic E-state index is -3.57. The molecule has 1 amide bonds. The van der Waals surface area contributed by atoms with E-state index in [4.69, 9.17) is 9.15 Å². The number of furan rings is 1. The number of benzene rings is 2. The van der Waals surface area contributed by atoms with E-state index in [1.165, 1.54) is 27.8 Å². The Balaban J connectivity index is 1.46. The third-order valence-corrected chi connectivity index (χ3v) is 8.98. The molecule has 35 heavy (non-hydrogen) atoms. The predicted molar refractivity (Wildman–Crippen MR) is 134 cm³/mol. The van der Waals surface area contributed by atoms with Gasteiger partial charge in [0.15, 0.2) is 5.13 Å². The number of carbonyl (C=O) groups is 1. The lowest BCUT2D eigenvalue weighted by Crippen LogP contribution is -2.35. The molecule has 0 atom stereocenters. The number of piperidine rings is 1. The smallest absolute Gasteiger partial charge is 0.260 e. The first-order valence-corrected chi connectivity index (χ1v) is 13.6. The van der Waals surface area contributed by atoms with Gasteiger partial charge in [0.2, 0.25) is 10.0 Å². The lowest BCUT2D eigenvalue weighted by molar-refractivity contribution is 0.0983. The van der Waals surface area contributed by atoms with Crippen LogP contribution in [0.5, 0.6) is 5.75 Å². The van der Waals surface area contributed by atoms with E-state index in [9.17, 15) is 13.2 Å². The van der Waals surface area contributed by atoms with Crippen molar-refractivity contribution >= 4 is 42.6 Å². The van der Waals surface area contributed by atoms with Crippen molar-refractivity contribution in [2.75, 3.05) is 25.1 Å². The first kappa shape index (κ1) is 23.5. The molecule has 8 nitrogen and oxygen atoms in total. The Hall–Kier alpha value is -3.21. The van der Waals surface area contributed by atoms with Gasteiger partial charge in [-0.05, 0) is 61.4 Å². The van der Waals surface area contributed by atoms with Gasteiger partial charge in [-0.15, -0.1) is 0 Å². The molecule has 3 heterocycles. The second-order valence-corrected chi connectivity index (χ2v) is 11.2. The number of hydrogen-bond acceptors (Lipinski definition) is 7. The summed E-state index contributed by atoms with van der Waals surface area (Å²) in [5, 5.41) is 0.514. The Morgan fingerprint density at radius 1 is 1.11 bits per heavy atom. The highest BCUT2D eigenvalue weighted by Crippen LogP contribution is 2.33. The van der Waals surface area contributed by atoms with Crippen LogP contribution in [0.15, 0.2) is 70.2 Å². The number of carbonyl (C=O) groups excluding carboxylic acids is 1. The van der Waals surface area contributed by atoms with Crippen molar-refractivity contribution in [2.45, 2.75) is 30.7 Å². The Morgan fingerprint density at radius 3 is 2.57 bits per heavy atom. The molecule has 2 aromatic heterocycles. The topological polar surface area (TPSA) is 92.9 Å². The molecule has 5 rings (SSSR count). The summed E-state index contributed by atoms with van der Waals surface area (Å²) in [7, 11) is -1.98. The molecule has 0 spiro atoms. The van der Waals surface area contributed by atoms with Crippen molar-refractivity contribution in [2.24, 2.45) is 0 Å². The molecule has 0 bridgehead atoms. The fourth-order valence-corrected chi connectivity index (χ4v) is 6.56. The third-order valence-electron chi connectivity index (χ3n) is 6.01. The van der Waals surface area contributed by atoms with E-state index in [2.05, 4.69) is 4.98 Å². The van der Waals surface area contributed by atoms with Gasteiger partial charge in [0.05, 0.1) is 35.0 Å². The predicted octanol–water partition coefficient (Wildman–Crippen LogP) is 4.92. The summed E-state index contributed by atoms with van der Waals surface area (Å²) in [6.07, 6.45) is 4.34. The maximum atomic E-state index is 13.6. The van der Waals surface area contributed by atoms with Crippen molar-refractivity contribution < 1.29 is 22.4 Å². The van der Waals surface area contributed by atoms with Crippen LogP contribution in [0.25, 0.3) is 10.2 Å². The second kappa shape index (κ2) is 9.80. The standard InChI is InChI=1S/C25H25N3O5S2/c1-32-19-9-12-23-22(16-19)26-25(34-23)28(17-20-6-5-15-33-20)24(29)18-7-10-21(11-8-18)35(30,31)27-13-3-2-4-14-27/h5-12,15-16H,2-4,13-14,17H2,1H3. The maximum Gasteiger partial charge on any atom is 0.260 e. The quantitative estimate of drug-likeness (QED) is 0.350. The Bertz CT molecular complexity index is 1420. The average Bonchev–Trinajstić information content (AvgIpc) is 3.56. The van der Waals surface area contributed by atoms with Gasteiger partial charge in [0.1, 0.15) is 11.5 Å². The van der Waals surface area contributed by atoms with E-state index < -0.39 is 10.0 Å². The summed E-state index contributed by atoms with van der Waals surface area (Å²) >= 11 is 1.39. The largest absolute Gasteiger partial charge is 0.497 e. The molecule has 2 aromatic carbocycles. The van der Waals surface area contributed by atoms with Crippen LogP contribution in [0.3, 0.4) is 0 Å². The van der Waals surface area contributed by atoms with Gasteiger partial charge >= 0.3 is 0 Å². The maximum absolute atomic E-state index is 13.6. The van der Waals surface area contributed by atoms with Crippen molar-refractivity contribution in [3.8, 4) is 5.75 Å². The van der Waals surface area contributed by atoms with Crippen LogP contribution in [0, 0.1) is 0 Å². The Kier molecular flexibility index (Phi) is 6.59. The fourth-order valence-electron chi connectivity index (χ4n) is 4.10. The number of methoxy groups -OCH3 is 1. The number of anilines is 1. The molecule has 4 aromatic rings. The third kappa shape index (κ3) is 4.82. The van der Waals surface area contributed by atoms with Gasteiger partial charge < -0.3 is 9.15 Å². The Morgan fingerprint density at radius 2 is 1.89 bits per heavy atom. The molecular formula is C25H25N3O5S2. The number of sulfonamides is 1. The minimum absolute atomic E-state index is 0.191. The van der Waals surface area contributed by atoms with Gasteiger partial charge in [-0.3, -0.25) is 9.69 Å². The zero-order chi connectivity index (χ0) is 24.4. The summed E-state index contributed by atoms with van der Waals surface area (Å²) in [6.45, 7) is 1.25. The highest BCUT2D eigenvalue weighted by atomic mass is 32.2. The number of ether oxygens (including phenoxy) is 1. The number of nitrogens with zero attached hydrogens (tertiary/aromatic N) is 3. The first-order valence-electron chi connectivity index (χ1n) is 11.3. The molecule has 0 radical (unpaired) electrons. The number of amides is 1. The van der Waals surface area contributed by atoms with Crippen molar-refractivity contribution in [1.82, 2.24) is 9.29 Å². The van der Waals surface area contributed by atoms with Gasteiger partial charge in [-0.2, -0.15) is 4.31 Å². The zero-order valence-corrected chi connectivity index (χ0v) is 20.8. The molecule has 1 aliphatic rings. The van der Waals surface area contributed by atoms with Crippen LogP contribution in [0.4, 0.5) is 5.13 Å². The molecule has 1 saturated heterocycles. The summed E-state index contributed by atoms with van der Waals surface area (Å²) in [5.74, 6) is 0.998. The van der Waals surface area contributed by atoms with Crippen molar-refractivity contribution in [3.63, 3.8) is 0 Å². The molecule has 182 valence electrons. The SMILES string of the molecule is COc1ccc2sc(N(Cc3ccco3)C(=O)c3ccc(S(=O)(=O)N4CCCCC4)cc3)nc2c1. The molecule has 0 unspecified atom stereocenters. The molecule has 0 saturated carbocycles. The van der Waals surface area contributed by atoms with E-state index in [0.717, 1.165) is 29.5 Å². The zero-order valence-electron chi connectivity index (χ0n) is 19.2. The monoisotopic (exact) mass is 511 g/mol.